The summed E-state index contributed by atoms with van der Waals surface area (Å²) in [5.41, 5.74) is 0.286. The van der Waals surface area contributed by atoms with Crippen molar-refractivity contribution in [3.63, 3.8) is 0 Å². The van der Waals surface area contributed by atoms with Crippen LogP contribution in [0.25, 0.3) is 0 Å². The molecule has 1 aliphatic heterocycles. The third-order valence-corrected chi connectivity index (χ3v) is 4.87. The van der Waals surface area contributed by atoms with Gasteiger partial charge in [0.1, 0.15) is 11.4 Å². The first-order chi connectivity index (χ1) is 11.5. The second kappa shape index (κ2) is 7.32. The van der Waals surface area contributed by atoms with Crippen LogP contribution in [0.15, 0.2) is 16.6 Å². The average molecular weight is 415 g/mol. The second-order valence-corrected chi connectivity index (χ2v) is 8.21. The molecule has 1 heterocycles. The maximum absolute atomic E-state index is 14.2. The minimum Gasteiger partial charge on any atom is -0.444 e. The molecule has 1 aliphatic rings. The molecule has 1 fully saturated rings. The molecule has 5 nitrogen and oxygen atoms in total. The molecule has 1 saturated heterocycles. The van der Waals surface area contributed by atoms with Crippen molar-refractivity contribution in [1.82, 2.24) is 9.80 Å². The normalized spacial score (nSPS) is 18.3. The number of nitrogens with zero attached hydrogens (tertiary/aromatic N) is 2. The highest BCUT2D eigenvalue weighted by molar-refractivity contribution is 9.10. The van der Waals surface area contributed by atoms with Crippen molar-refractivity contribution in [3.05, 3.63) is 33.5 Å². The fraction of sp³-hybridized carbons (Fsp3) is 0.556. The zero-order valence-corrected chi connectivity index (χ0v) is 16.8. The smallest absolute Gasteiger partial charge is 0.410 e. The van der Waals surface area contributed by atoms with Crippen LogP contribution >= 0.6 is 15.9 Å². The summed E-state index contributed by atoms with van der Waals surface area (Å²) < 4.78 is 20.2. The van der Waals surface area contributed by atoms with Crippen molar-refractivity contribution in [2.24, 2.45) is 0 Å². The van der Waals surface area contributed by atoms with Crippen molar-refractivity contribution in [2.75, 3.05) is 19.6 Å². The molecule has 0 radical (unpaired) electrons. The number of ether oxygens (including phenoxy) is 1. The Bertz CT molecular complexity index is 688. The number of halogens is 2. The van der Waals surface area contributed by atoms with Gasteiger partial charge in [-0.1, -0.05) is 15.9 Å². The molecule has 0 saturated carbocycles. The van der Waals surface area contributed by atoms with E-state index in [1.807, 2.05) is 34.6 Å². The van der Waals surface area contributed by atoms with Crippen molar-refractivity contribution in [1.29, 1.82) is 0 Å². The minimum absolute atomic E-state index is 0.0540. The molecule has 138 valence electrons. The number of carbonyl (C=O) groups is 2. The molecule has 0 N–H and O–H groups in total. The molecule has 2 amide bonds. The largest absolute Gasteiger partial charge is 0.444 e. The number of rotatable bonds is 1. The molecule has 1 aromatic carbocycles. The molecule has 0 aliphatic carbocycles. The fourth-order valence-corrected chi connectivity index (χ4v) is 3.04. The van der Waals surface area contributed by atoms with Crippen LogP contribution in [-0.2, 0) is 4.74 Å². The molecule has 7 heteroatoms. The summed E-state index contributed by atoms with van der Waals surface area (Å²) in [4.78, 5) is 28.1. The maximum Gasteiger partial charge on any atom is 0.410 e. The summed E-state index contributed by atoms with van der Waals surface area (Å²) in [6.07, 6.45) is -0.392. The summed E-state index contributed by atoms with van der Waals surface area (Å²) in [5, 5.41) is 0. The van der Waals surface area contributed by atoms with Gasteiger partial charge in [-0.2, -0.15) is 0 Å². The van der Waals surface area contributed by atoms with E-state index in [0.717, 1.165) is 5.56 Å². The van der Waals surface area contributed by atoms with Gasteiger partial charge in [0.05, 0.1) is 5.56 Å². The number of carbonyl (C=O) groups excluding carboxylic acids is 2. The number of benzene rings is 1. The molecular weight excluding hydrogens is 391 g/mol. The van der Waals surface area contributed by atoms with Gasteiger partial charge in [0.15, 0.2) is 0 Å². The molecule has 0 bridgehead atoms. The van der Waals surface area contributed by atoms with Gasteiger partial charge in [0, 0.05) is 30.1 Å². The van der Waals surface area contributed by atoms with Crippen LogP contribution in [0.2, 0.25) is 0 Å². The Balaban J connectivity index is 2.10. The Labute approximate surface area is 156 Å². The van der Waals surface area contributed by atoms with E-state index >= 15 is 0 Å². The second-order valence-electron chi connectivity index (χ2n) is 7.36. The SMILES string of the molecule is Cc1cc(C(=O)N2CCN(C(=O)OC(C)(C)C)C[C@@H]2C)c(F)cc1Br. The summed E-state index contributed by atoms with van der Waals surface area (Å²) in [5.74, 6) is -0.909. The van der Waals surface area contributed by atoms with Gasteiger partial charge < -0.3 is 14.5 Å². The van der Waals surface area contributed by atoms with Crippen LogP contribution < -0.4 is 0 Å². The van der Waals surface area contributed by atoms with Gasteiger partial charge in [-0.05, 0) is 52.3 Å². The Kier molecular flexibility index (Phi) is 5.76. The first kappa shape index (κ1) is 19.7. The molecule has 0 spiro atoms. The lowest BCUT2D eigenvalue weighted by molar-refractivity contribution is 0.00607. The maximum atomic E-state index is 14.2. The van der Waals surface area contributed by atoms with Gasteiger partial charge in [0.2, 0.25) is 0 Å². The number of hydrogen-bond acceptors (Lipinski definition) is 3. The Morgan fingerprint density at radius 3 is 2.48 bits per heavy atom. The van der Waals surface area contributed by atoms with Gasteiger partial charge in [-0.15, -0.1) is 0 Å². The van der Waals surface area contributed by atoms with Crippen LogP contribution in [-0.4, -0.2) is 53.1 Å². The van der Waals surface area contributed by atoms with E-state index in [-0.39, 0.29) is 17.5 Å². The lowest BCUT2D eigenvalue weighted by atomic mass is 10.1. The first-order valence-corrected chi connectivity index (χ1v) is 9.03. The van der Waals surface area contributed by atoms with Gasteiger partial charge in [-0.3, -0.25) is 4.79 Å². The van der Waals surface area contributed by atoms with E-state index in [2.05, 4.69) is 15.9 Å². The molecule has 25 heavy (non-hydrogen) atoms. The number of hydrogen-bond donors (Lipinski definition) is 0. The van der Waals surface area contributed by atoms with Crippen LogP contribution in [0.1, 0.15) is 43.6 Å². The summed E-state index contributed by atoms with van der Waals surface area (Å²) >= 11 is 3.26. The number of amides is 2. The fourth-order valence-electron chi connectivity index (χ4n) is 2.73. The average Bonchev–Trinajstić information content (AvgIpc) is 2.48. The highest BCUT2D eigenvalue weighted by Gasteiger charge is 2.33. The molecule has 1 aromatic rings. The molecule has 0 unspecified atom stereocenters. The van der Waals surface area contributed by atoms with E-state index < -0.39 is 17.5 Å². The van der Waals surface area contributed by atoms with Crippen LogP contribution in [0, 0.1) is 12.7 Å². The minimum atomic E-state index is -0.564. The zero-order valence-electron chi connectivity index (χ0n) is 15.2. The van der Waals surface area contributed by atoms with E-state index in [1.165, 1.54) is 6.07 Å². The zero-order chi connectivity index (χ0) is 18.9. The Hall–Kier alpha value is -1.63. The van der Waals surface area contributed by atoms with Crippen LogP contribution in [0.3, 0.4) is 0 Å². The summed E-state index contributed by atoms with van der Waals surface area (Å²) in [6, 6.07) is 2.64. The summed E-state index contributed by atoms with van der Waals surface area (Å²) in [6.45, 7) is 10.2. The molecule has 1 atom stereocenters. The topological polar surface area (TPSA) is 49.9 Å². The lowest BCUT2D eigenvalue weighted by Crippen LogP contribution is -2.56. The molecular formula is C18H24BrFN2O3. The standard InChI is InChI=1S/C18H24BrFN2O3/c1-11-8-13(15(20)9-14(11)19)16(23)22-7-6-21(10-12(22)2)17(24)25-18(3,4)5/h8-9,12H,6-7,10H2,1-5H3/t12-/m0/s1. The Morgan fingerprint density at radius 1 is 1.28 bits per heavy atom. The van der Waals surface area contributed by atoms with E-state index in [4.69, 9.17) is 4.74 Å². The van der Waals surface area contributed by atoms with Gasteiger partial charge in [-0.25, -0.2) is 9.18 Å². The van der Waals surface area contributed by atoms with Gasteiger partial charge in [0.25, 0.3) is 5.91 Å². The number of piperazine rings is 1. The molecule has 2 rings (SSSR count). The van der Waals surface area contributed by atoms with Crippen LogP contribution in [0.5, 0.6) is 0 Å². The van der Waals surface area contributed by atoms with Crippen molar-refractivity contribution < 1.29 is 18.7 Å². The lowest BCUT2D eigenvalue weighted by Gasteiger charge is -2.40. The predicted octanol–water partition coefficient (Wildman–Crippen LogP) is 3.98. The van der Waals surface area contributed by atoms with E-state index in [0.29, 0.717) is 24.1 Å². The van der Waals surface area contributed by atoms with Crippen molar-refractivity contribution in [3.8, 4) is 0 Å². The highest BCUT2D eigenvalue weighted by atomic mass is 79.9. The third kappa shape index (κ3) is 4.71. The highest BCUT2D eigenvalue weighted by Crippen LogP contribution is 2.23. The van der Waals surface area contributed by atoms with E-state index in [1.54, 1.807) is 15.9 Å². The monoisotopic (exact) mass is 414 g/mol. The molecule has 0 aromatic heterocycles. The van der Waals surface area contributed by atoms with Crippen LogP contribution in [0.4, 0.5) is 9.18 Å². The van der Waals surface area contributed by atoms with Crippen molar-refractivity contribution in [2.45, 2.75) is 46.3 Å². The third-order valence-electron chi connectivity index (χ3n) is 4.02. The van der Waals surface area contributed by atoms with E-state index in [9.17, 15) is 14.0 Å². The predicted molar refractivity (Wildman–Crippen MR) is 97.1 cm³/mol. The first-order valence-electron chi connectivity index (χ1n) is 8.24. The van der Waals surface area contributed by atoms with Gasteiger partial charge >= 0.3 is 6.09 Å². The Morgan fingerprint density at radius 2 is 1.92 bits per heavy atom. The summed E-state index contributed by atoms with van der Waals surface area (Å²) in [7, 11) is 0. The quantitative estimate of drug-likeness (QED) is 0.698. The number of aryl methyl sites for hydroxylation is 1. The van der Waals surface area contributed by atoms with Crippen molar-refractivity contribution >= 4 is 27.9 Å².